The Balaban J connectivity index is 3.18. The lowest BCUT2D eigenvalue weighted by Crippen LogP contribution is -2.10. The summed E-state index contributed by atoms with van der Waals surface area (Å²) >= 11 is 0. The smallest absolute Gasteiger partial charge is 0.309 e. The zero-order valence-corrected chi connectivity index (χ0v) is 9.71. The van der Waals surface area contributed by atoms with Gasteiger partial charge in [0.25, 0.3) is 0 Å². The van der Waals surface area contributed by atoms with Crippen molar-refractivity contribution in [2.45, 2.75) is 52.9 Å². The largest absolute Gasteiger partial charge is 0.465 e. The van der Waals surface area contributed by atoms with Gasteiger partial charge >= 0.3 is 5.97 Å². The average Bonchev–Trinajstić information content (AvgIpc) is 2.14. The predicted octanol–water partition coefficient (Wildman–Crippen LogP) is 3.36. The number of hydrogen-bond donors (Lipinski definition) is 0. The van der Waals surface area contributed by atoms with E-state index in [9.17, 15) is 4.79 Å². The van der Waals surface area contributed by atoms with E-state index in [2.05, 4.69) is 6.92 Å². The Bertz CT molecular complexity index is 141. The van der Waals surface area contributed by atoms with Gasteiger partial charge in [-0.1, -0.05) is 46.5 Å². The molecule has 0 aliphatic heterocycles. The molecule has 2 nitrogen and oxygen atoms in total. The van der Waals surface area contributed by atoms with Crippen LogP contribution in [0.1, 0.15) is 52.9 Å². The minimum Gasteiger partial charge on any atom is -0.465 e. The Hall–Kier alpha value is -0.530. The zero-order valence-electron chi connectivity index (χ0n) is 9.71. The molecule has 0 spiro atoms. The van der Waals surface area contributed by atoms with Crippen LogP contribution in [0.4, 0.5) is 0 Å². The highest BCUT2D eigenvalue weighted by Crippen LogP contribution is 2.05. The fourth-order valence-corrected chi connectivity index (χ4v) is 1.10. The second-order valence-electron chi connectivity index (χ2n) is 4.08. The molecule has 0 rings (SSSR count). The summed E-state index contributed by atoms with van der Waals surface area (Å²) < 4.78 is 5.02. The average molecular weight is 199 g/mol. The maximum atomic E-state index is 11.1. The van der Waals surface area contributed by atoms with Crippen molar-refractivity contribution in [3.63, 3.8) is 0 Å². The fourth-order valence-electron chi connectivity index (χ4n) is 1.10. The Morgan fingerprint density at radius 1 is 1.29 bits per heavy atom. The van der Waals surface area contributed by atoms with Gasteiger partial charge in [-0.15, -0.1) is 0 Å². The van der Waals surface area contributed by atoms with E-state index in [-0.39, 0.29) is 5.97 Å². The molecule has 0 aromatic carbocycles. The fraction of sp³-hybridized carbons (Fsp3) is 0.833. The van der Waals surface area contributed by atoms with Crippen LogP contribution in [0, 0.1) is 12.3 Å². The zero-order chi connectivity index (χ0) is 10.8. The number of ether oxygens (including phenoxy) is 1. The van der Waals surface area contributed by atoms with Gasteiger partial charge in [0.15, 0.2) is 0 Å². The van der Waals surface area contributed by atoms with E-state index in [1.54, 1.807) is 6.42 Å². The van der Waals surface area contributed by atoms with E-state index in [4.69, 9.17) is 4.74 Å². The van der Waals surface area contributed by atoms with Crippen LogP contribution in [0.5, 0.6) is 0 Å². The first-order valence-corrected chi connectivity index (χ1v) is 5.66. The first kappa shape index (κ1) is 13.5. The minimum atomic E-state index is -0.157. The lowest BCUT2D eigenvalue weighted by Gasteiger charge is -2.06. The van der Waals surface area contributed by atoms with Crippen molar-refractivity contribution in [1.29, 1.82) is 0 Å². The third-order valence-corrected chi connectivity index (χ3v) is 1.93. The molecule has 0 saturated carbocycles. The van der Waals surface area contributed by atoms with Gasteiger partial charge in [-0.05, 0) is 12.3 Å². The second kappa shape index (κ2) is 9.04. The molecule has 0 aliphatic rings. The van der Waals surface area contributed by atoms with E-state index in [1.807, 2.05) is 13.8 Å². The Morgan fingerprint density at radius 3 is 2.57 bits per heavy atom. The van der Waals surface area contributed by atoms with E-state index in [1.165, 1.54) is 19.3 Å². The molecule has 0 aliphatic carbocycles. The molecule has 0 fully saturated rings. The normalized spacial score (nSPS) is 10.6. The van der Waals surface area contributed by atoms with Gasteiger partial charge < -0.3 is 4.74 Å². The summed E-state index contributed by atoms with van der Waals surface area (Å²) in [6.45, 7) is 6.79. The summed E-state index contributed by atoms with van der Waals surface area (Å²) in [5, 5.41) is 0. The molecule has 0 aromatic heterocycles. The van der Waals surface area contributed by atoms with Crippen LogP contribution in [0.25, 0.3) is 0 Å². The number of carbonyl (C=O) groups excluding carboxylic acids is 1. The van der Waals surface area contributed by atoms with Gasteiger partial charge in [0.2, 0.25) is 0 Å². The van der Waals surface area contributed by atoms with Crippen LogP contribution in [0.15, 0.2) is 0 Å². The van der Waals surface area contributed by atoms with Crippen molar-refractivity contribution in [3.05, 3.63) is 6.42 Å². The molecule has 1 radical (unpaired) electrons. The third-order valence-electron chi connectivity index (χ3n) is 1.93. The SMILES string of the molecule is CCCCCC[CH]C(=O)OCC(C)C. The van der Waals surface area contributed by atoms with Crippen molar-refractivity contribution in [1.82, 2.24) is 0 Å². The van der Waals surface area contributed by atoms with Crippen molar-refractivity contribution < 1.29 is 9.53 Å². The Morgan fingerprint density at radius 2 is 2.00 bits per heavy atom. The third kappa shape index (κ3) is 9.56. The molecular formula is C12H23O2. The van der Waals surface area contributed by atoms with Crippen molar-refractivity contribution in [3.8, 4) is 0 Å². The van der Waals surface area contributed by atoms with Gasteiger partial charge in [0.1, 0.15) is 0 Å². The quantitative estimate of drug-likeness (QED) is 0.442. The maximum Gasteiger partial charge on any atom is 0.309 e. The monoisotopic (exact) mass is 199 g/mol. The number of esters is 1. The topological polar surface area (TPSA) is 26.3 Å². The number of carbonyl (C=O) groups is 1. The summed E-state index contributed by atoms with van der Waals surface area (Å²) in [4.78, 5) is 11.1. The highest BCUT2D eigenvalue weighted by Gasteiger charge is 2.03. The summed E-state index contributed by atoms with van der Waals surface area (Å²) in [5.74, 6) is 0.266. The highest BCUT2D eigenvalue weighted by molar-refractivity contribution is 5.78. The molecule has 0 aromatic rings. The van der Waals surface area contributed by atoms with Crippen molar-refractivity contribution in [2.24, 2.45) is 5.92 Å². The molecule has 14 heavy (non-hydrogen) atoms. The van der Waals surface area contributed by atoms with Crippen LogP contribution >= 0.6 is 0 Å². The van der Waals surface area contributed by atoms with Gasteiger partial charge in [0.05, 0.1) is 13.0 Å². The van der Waals surface area contributed by atoms with Crippen LogP contribution in [-0.4, -0.2) is 12.6 Å². The predicted molar refractivity (Wildman–Crippen MR) is 58.9 cm³/mol. The summed E-state index contributed by atoms with van der Waals surface area (Å²) in [6, 6.07) is 0. The molecule has 0 N–H and O–H groups in total. The molecule has 0 atom stereocenters. The standard InChI is InChI=1S/C12H23O2/c1-4-5-6-7-8-9-12(13)14-10-11(2)3/h9,11H,4-8,10H2,1-3H3. The lowest BCUT2D eigenvalue weighted by molar-refractivity contribution is -0.140. The first-order valence-electron chi connectivity index (χ1n) is 5.66. The van der Waals surface area contributed by atoms with E-state index in [0.29, 0.717) is 12.5 Å². The number of hydrogen-bond acceptors (Lipinski definition) is 2. The molecule has 0 amide bonds. The highest BCUT2D eigenvalue weighted by atomic mass is 16.5. The van der Waals surface area contributed by atoms with Crippen LogP contribution in [0.2, 0.25) is 0 Å². The second-order valence-corrected chi connectivity index (χ2v) is 4.08. The van der Waals surface area contributed by atoms with Crippen LogP contribution in [-0.2, 0) is 9.53 Å². The number of unbranched alkanes of at least 4 members (excludes halogenated alkanes) is 4. The molecule has 0 bridgehead atoms. The minimum absolute atomic E-state index is 0.157. The van der Waals surface area contributed by atoms with E-state index < -0.39 is 0 Å². The van der Waals surface area contributed by atoms with Crippen LogP contribution in [0.3, 0.4) is 0 Å². The lowest BCUT2D eigenvalue weighted by atomic mass is 10.1. The van der Waals surface area contributed by atoms with Crippen molar-refractivity contribution >= 4 is 5.97 Å². The van der Waals surface area contributed by atoms with Gasteiger partial charge in [-0.3, -0.25) is 4.79 Å². The summed E-state index contributed by atoms with van der Waals surface area (Å²) in [6.07, 6.45) is 7.33. The molecule has 0 unspecified atom stereocenters. The van der Waals surface area contributed by atoms with Crippen LogP contribution < -0.4 is 0 Å². The summed E-state index contributed by atoms with van der Waals surface area (Å²) in [5.41, 5.74) is 0. The van der Waals surface area contributed by atoms with Gasteiger partial charge in [-0.25, -0.2) is 0 Å². The Kier molecular flexibility index (Phi) is 8.70. The van der Waals surface area contributed by atoms with Gasteiger partial charge in [0, 0.05) is 0 Å². The van der Waals surface area contributed by atoms with E-state index in [0.717, 1.165) is 12.8 Å². The van der Waals surface area contributed by atoms with E-state index >= 15 is 0 Å². The molecule has 83 valence electrons. The molecular weight excluding hydrogens is 176 g/mol. The molecule has 0 saturated heterocycles. The van der Waals surface area contributed by atoms with Crippen molar-refractivity contribution in [2.75, 3.05) is 6.61 Å². The first-order chi connectivity index (χ1) is 6.66. The van der Waals surface area contributed by atoms with Gasteiger partial charge in [-0.2, -0.15) is 0 Å². The molecule has 2 heteroatoms. The Labute approximate surface area is 88.0 Å². The number of rotatable bonds is 8. The molecule has 0 heterocycles. The maximum absolute atomic E-state index is 11.1. The summed E-state index contributed by atoms with van der Waals surface area (Å²) in [7, 11) is 0.